The number of imide groups is 1. The number of ether oxygens (including phenoxy) is 1. The molecule has 4 aliphatic rings. The van der Waals surface area contributed by atoms with Crippen LogP contribution in [0.15, 0.2) is 54.6 Å². The van der Waals surface area contributed by atoms with Gasteiger partial charge in [0.1, 0.15) is 30.0 Å². The Bertz CT molecular complexity index is 2320. The number of nitrogens with zero attached hydrogens (tertiary/aromatic N) is 5. The highest BCUT2D eigenvalue weighted by Crippen LogP contribution is 2.49. The van der Waals surface area contributed by atoms with Crippen molar-refractivity contribution in [1.82, 2.24) is 15.1 Å². The summed E-state index contributed by atoms with van der Waals surface area (Å²) >= 11 is 12.3. The van der Waals surface area contributed by atoms with Crippen LogP contribution in [0.1, 0.15) is 74.8 Å². The molecule has 7 rings (SSSR count). The van der Waals surface area contributed by atoms with Crippen molar-refractivity contribution in [2.75, 3.05) is 47.9 Å². The van der Waals surface area contributed by atoms with Gasteiger partial charge >= 0.3 is 6.18 Å². The van der Waals surface area contributed by atoms with Gasteiger partial charge < -0.3 is 20.7 Å². The first kappa shape index (κ1) is 45.5. The number of anilines is 3. The quantitative estimate of drug-likeness (QED) is 0.142. The highest BCUT2D eigenvalue weighted by Gasteiger charge is 2.55. The number of nitriles is 1. The number of carbonyl (C=O) groups excluding carboxylic acids is 4. The van der Waals surface area contributed by atoms with Gasteiger partial charge in [0.15, 0.2) is 5.11 Å². The van der Waals surface area contributed by atoms with Crippen LogP contribution in [0.3, 0.4) is 0 Å². The van der Waals surface area contributed by atoms with E-state index in [9.17, 15) is 37.6 Å². The van der Waals surface area contributed by atoms with Gasteiger partial charge in [0.05, 0.1) is 22.9 Å². The number of aryl methyl sites for hydroxylation is 1. The maximum atomic E-state index is 13.8. The topological polar surface area (TPSA) is 164 Å². The van der Waals surface area contributed by atoms with E-state index in [-0.39, 0.29) is 41.1 Å². The Morgan fingerprint density at radius 2 is 1.82 bits per heavy atom. The third kappa shape index (κ3) is 9.01. The minimum absolute atomic E-state index is 0. The minimum Gasteiger partial charge on any atom is -0.492 e. The van der Waals surface area contributed by atoms with Crippen molar-refractivity contribution in [3.63, 3.8) is 0 Å². The zero-order valence-electron chi connectivity index (χ0n) is 33.6. The molecule has 3 saturated heterocycles. The SMILES string of the molecule is CCc1cc(N2C(=S)N(c3ccc(C#N)c(C(F)(F)F)c3)C(=O)C2(C)C)ccc1OCCN1CCN(C(C(N)=O)c2cc(Cl)cc(NC3CCC(=O)NC3=O)c2)C2(CC2)C1.Cl. The molecule has 19 heteroatoms. The number of amides is 4. The lowest BCUT2D eigenvalue weighted by molar-refractivity contribution is -0.138. The molecule has 4 fully saturated rings. The highest BCUT2D eigenvalue weighted by molar-refractivity contribution is 7.81. The number of hydrogen-bond acceptors (Lipinski definition) is 10. The molecule has 13 nitrogen and oxygen atoms in total. The second-order valence-corrected chi connectivity index (χ2v) is 16.9. The number of piperidine rings is 1. The summed E-state index contributed by atoms with van der Waals surface area (Å²) in [5.41, 5.74) is 5.34. The molecule has 4 amide bonds. The number of hydrogen-bond donors (Lipinski definition) is 3. The van der Waals surface area contributed by atoms with E-state index in [2.05, 4.69) is 20.4 Å². The average Bonchev–Trinajstić information content (AvgIpc) is 3.92. The van der Waals surface area contributed by atoms with Crippen LogP contribution in [0.25, 0.3) is 0 Å². The van der Waals surface area contributed by atoms with Crippen LogP contribution >= 0.6 is 36.2 Å². The molecule has 2 atom stereocenters. The van der Waals surface area contributed by atoms with Crippen LogP contribution in [0.2, 0.25) is 5.02 Å². The Morgan fingerprint density at radius 1 is 1.10 bits per heavy atom. The predicted octanol–water partition coefficient (Wildman–Crippen LogP) is 6.10. The monoisotopic (exact) mass is 900 g/mol. The van der Waals surface area contributed by atoms with Crippen LogP contribution in [0.5, 0.6) is 5.75 Å². The van der Waals surface area contributed by atoms with Crippen molar-refractivity contribution >= 4 is 82.0 Å². The van der Waals surface area contributed by atoms with Crippen LogP contribution in [0.4, 0.5) is 30.2 Å². The molecule has 4 N–H and O–H groups in total. The van der Waals surface area contributed by atoms with Crippen molar-refractivity contribution in [1.29, 1.82) is 5.26 Å². The number of nitrogens with two attached hydrogens (primary N) is 1. The number of piperazine rings is 1. The second kappa shape index (κ2) is 17.4. The summed E-state index contributed by atoms with van der Waals surface area (Å²) in [5.74, 6) is -1.12. The predicted molar refractivity (Wildman–Crippen MR) is 230 cm³/mol. The number of halogens is 5. The molecule has 324 valence electrons. The summed E-state index contributed by atoms with van der Waals surface area (Å²) in [5, 5.41) is 15.1. The van der Waals surface area contributed by atoms with Gasteiger partial charge in [-0.05, 0) is 117 Å². The van der Waals surface area contributed by atoms with Gasteiger partial charge in [-0.2, -0.15) is 18.4 Å². The van der Waals surface area contributed by atoms with Crippen molar-refractivity contribution in [3.05, 3.63) is 81.9 Å². The van der Waals surface area contributed by atoms with Crippen molar-refractivity contribution in [2.24, 2.45) is 5.73 Å². The Hall–Kier alpha value is -4.99. The molecule has 3 heterocycles. The largest absolute Gasteiger partial charge is 0.492 e. The summed E-state index contributed by atoms with van der Waals surface area (Å²) in [6, 6.07) is 13.9. The summed E-state index contributed by atoms with van der Waals surface area (Å²) < 4.78 is 47.8. The van der Waals surface area contributed by atoms with Gasteiger partial charge in [0, 0.05) is 54.5 Å². The van der Waals surface area contributed by atoms with E-state index in [1.807, 2.05) is 13.0 Å². The van der Waals surface area contributed by atoms with Crippen LogP contribution < -0.4 is 30.9 Å². The molecule has 3 aromatic rings. The molecule has 0 bridgehead atoms. The van der Waals surface area contributed by atoms with Crippen LogP contribution in [-0.2, 0) is 31.8 Å². The fourth-order valence-electron chi connectivity index (χ4n) is 8.51. The first-order valence-corrected chi connectivity index (χ1v) is 20.4. The van der Waals surface area contributed by atoms with Crippen LogP contribution in [0, 0.1) is 11.3 Å². The summed E-state index contributed by atoms with van der Waals surface area (Å²) in [4.78, 5) is 58.1. The van der Waals surface area contributed by atoms with Crippen molar-refractivity contribution in [2.45, 2.75) is 82.2 Å². The number of carbonyl (C=O) groups is 4. The molecule has 1 saturated carbocycles. The Morgan fingerprint density at radius 3 is 2.46 bits per heavy atom. The smallest absolute Gasteiger partial charge is 0.417 e. The zero-order valence-corrected chi connectivity index (χ0v) is 36.0. The van der Waals surface area contributed by atoms with Gasteiger partial charge in [0.25, 0.3) is 5.91 Å². The maximum Gasteiger partial charge on any atom is 0.417 e. The Labute approximate surface area is 367 Å². The molecule has 3 aromatic carbocycles. The minimum atomic E-state index is -4.81. The summed E-state index contributed by atoms with van der Waals surface area (Å²) in [6.07, 6.45) is -1.93. The number of benzene rings is 3. The molecule has 0 aromatic heterocycles. The molecular weight excluding hydrogens is 856 g/mol. The highest BCUT2D eigenvalue weighted by atomic mass is 35.5. The van der Waals surface area contributed by atoms with E-state index < -0.39 is 52.6 Å². The number of primary amides is 1. The molecule has 3 aliphatic heterocycles. The van der Waals surface area contributed by atoms with Crippen LogP contribution in [-0.4, -0.2) is 88.4 Å². The van der Waals surface area contributed by atoms with Gasteiger partial charge in [-0.15, -0.1) is 12.4 Å². The molecule has 61 heavy (non-hydrogen) atoms. The van der Waals surface area contributed by atoms with E-state index in [1.165, 1.54) is 6.07 Å². The van der Waals surface area contributed by atoms with Gasteiger partial charge in [0.2, 0.25) is 17.7 Å². The van der Waals surface area contributed by atoms with Gasteiger partial charge in [-0.25, -0.2) is 0 Å². The standard InChI is InChI=1S/C42H44ClF3N8O5S.ClH/c1-4-24-19-30(54-39(60)53(38(58)40(54,2)3)29-6-5-25(22-47)31(21-29)42(44,45)46)7-9-33(24)59-16-15-51-13-14-52(41(23-51)11-12-41)35(36(48)56)26-17-27(43)20-28(18-26)49-32-8-10-34(55)50-37(32)57;/h5-7,9,17-21,32,35,49H,4,8,10-16,23H2,1-3H3,(H2,48,56)(H,50,55,57);1H. The van der Waals surface area contributed by atoms with E-state index in [0.29, 0.717) is 73.3 Å². The first-order valence-electron chi connectivity index (χ1n) is 19.6. The molecular formula is C42H45Cl2F3N8O5S. The first-order chi connectivity index (χ1) is 28.4. The van der Waals surface area contributed by atoms with Crippen molar-refractivity contribution in [3.8, 4) is 11.8 Å². The second-order valence-electron chi connectivity index (χ2n) is 16.1. The van der Waals surface area contributed by atoms with E-state index >= 15 is 0 Å². The summed E-state index contributed by atoms with van der Waals surface area (Å²) in [6.45, 7) is 8.14. The Kier molecular flexibility index (Phi) is 13.0. The number of alkyl halides is 3. The third-order valence-electron chi connectivity index (χ3n) is 11.7. The zero-order chi connectivity index (χ0) is 43.3. The normalized spacial score (nSPS) is 20.5. The number of nitrogens with one attached hydrogen (secondary N) is 2. The molecule has 1 spiro atoms. The summed E-state index contributed by atoms with van der Waals surface area (Å²) in [7, 11) is 0. The van der Waals surface area contributed by atoms with E-state index in [0.717, 1.165) is 35.4 Å². The average molecular weight is 902 g/mol. The molecule has 1 aliphatic carbocycles. The molecule has 0 radical (unpaired) electrons. The maximum absolute atomic E-state index is 13.8. The molecule has 2 unspecified atom stereocenters. The lowest BCUT2D eigenvalue weighted by atomic mass is 9.98. The number of thiocarbonyl (C=S) groups is 1. The fourth-order valence-corrected chi connectivity index (χ4v) is 9.27. The van der Waals surface area contributed by atoms with Crippen molar-refractivity contribution < 1.29 is 37.1 Å². The van der Waals surface area contributed by atoms with Gasteiger partial charge in [-0.3, -0.25) is 39.2 Å². The lowest BCUT2D eigenvalue weighted by Gasteiger charge is -2.45. The number of rotatable bonds is 12. The van der Waals surface area contributed by atoms with E-state index in [4.69, 9.17) is 34.3 Å². The lowest BCUT2D eigenvalue weighted by Crippen LogP contribution is -2.58. The van der Waals surface area contributed by atoms with E-state index in [1.54, 1.807) is 55.1 Å². The third-order valence-corrected chi connectivity index (χ3v) is 12.3. The van der Waals surface area contributed by atoms with Gasteiger partial charge in [-0.1, -0.05) is 18.5 Å². The fraction of sp³-hybridized carbons (Fsp3) is 0.429. The Balaban J connectivity index is 0.00000622.